The number of amides is 1. The molecule has 0 atom stereocenters. The molecule has 1 aromatic heterocycles. The van der Waals surface area contributed by atoms with Crippen molar-refractivity contribution in [2.45, 2.75) is 12.8 Å². The van der Waals surface area contributed by atoms with Gasteiger partial charge in [0.15, 0.2) is 5.13 Å². The summed E-state index contributed by atoms with van der Waals surface area (Å²) in [5, 5.41) is 0.914. The van der Waals surface area contributed by atoms with E-state index >= 15 is 0 Å². The SMILES string of the molecule is NC(=O)C1CCN(c2ncc(-c3cccc(F)c3)s2)CC1. The summed E-state index contributed by atoms with van der Waals surface area (Å²) in [6, 6.07) is 6.51. The number of carbonyl (C=O) groups excluding carboxylic acids is 1. The molecule has 1 saturated heterocycles. The molecule has 0 spiro atoms. The van der Waals surface area contributed by atoms with E-state index in [9.17, 15) is 9.18 Å². The quantitative estimate of drug-likeness (QED) is 0.948. The summed E-state index contributed by atoms with van der Waals surface area (Å²) in [4.78, 5) is 18.7. The maximum absolute atomic E-state index is 13.3. The Morgan fingerprint density at radius 1 is 1.38 bits per heavy atom. The Hall–Kier alpha value is -1.95. The van der Waals surface area contributed by atoms with Gasteiger partial charge >= 0.3 is 0 Å². The molecule has 1 amide bonds. The number of halogens is 1. The molecule has 4 nitrogen and oxygen atoms in total. The molecule has 1 fully saturated rings. The molecule has 1 aliphatic rings. The van der Waals surface area contributed by atoms with Crippen LogP contribution >= 0.6 is 11.3 Å². The minimum Gasteiger partial charge on any atom is -0.369 e. The fraction of sp³-hybridized carbons (Fsp3) is 0.333. The Morgan fingerprint density at radius 3 is 2.81 bits per heavy atom. The fourth-order valence-electron chi connectivity index (χ4n) is 2.54. The summed E-state index contributed by atoms with van der Waals surface area (Å²) in [6.45, 7) is 1.56. The predicted molar refractivity (Wildman–Crippen MR) is 81.6 cm³/mol. The van der Waals surface area contributed by atoms with E-state index in [0.717, 1.165) is 41.5 Å². The molecule has 21 heavy (non-hydrogen) atoms. The number of piperidine rings is 1. The van der Waals surface area contributed by atoms with Gasteiger partial charge in [-0.05, 0) is 30.5 Å². The van der Waals surface area contributed by atoms with Crippen LogP contribution in [0.5, 0.6) is 0 Å². The van der Waals surface area contributed by atoms with E-state index in [1.165, 1.54) is 12.1 Å². The summed E-state index contributed by atoms with van der Waals surface area (Å²) >= 11 is 1.54. The molecule has 2 aromatic rings. The Labute approximate surface area is 126 Å². The Kier molecular flexibility index (Phi) is 3.88. The van der Waals surface area contributed by atoms with Gasteiger partial charge in [-0.3, -0.25) is 4.79 Å². The summed E-state index contributed by atoms with van der Waals surface area (Å²) in [5.41, 5.74) is 6.18. The van der Waals surface area contributed by atoms with Crippen LogP contribution in [0.4, 0.5) is 9.52 Å². The molecular weight excluding hydrogens is 289 g/mol. The first-order valence-corrected chi connectivity index (χ1v) is 7.71. The van der Waals surface area contributed by atoms with Crippen molar-refractivity contribution in [3.63, 3.8) is 0 Å². The molecule has 0 aliphatic carbocycles. The highest BCUT2D eigenvalue weighted by Crippen LogP contribution is 2.33. The number of nitrogens with zero attached hydrogens (tertiary/aromatic N) is 2. The van der Waals surface area contributed by atoms with Gasteiger partial charge in [0.25, 0.3) is 0 Å². The number of hydrogen-bond acceptors (Lipinski definition) is 4. The van der Waals surface area contributed by atoms with Crippen LogP contribution in [0.2, 0.25) is 0 Å². The van der Waals surface area contributed by atoms with E-state index in [4.69, 9.17) is 5.73 Å². The molecule has 0 radical (unpaired) electrons. The van der Waals surface area contributed by atoms with Crippen LogP contribution in [0.15, 0.2) is 30.5 Å². The molecule has 0 saturated carbocycles. The molecule has 0 bridgehead atoms. The summed E-state index contributed by atoms with van der Waals surface area (Å²) < 4.78 is 13.3. The number of benzene rings is 1. The third-order valence-corrected chi connectivity index (χ3v) is 4.88. The number of nitrogens with two attached hydrogens (primary N) is 1. The largest absolute Gasteiger partial charge is 0.369 e. The first-order valence-electron chi connectivity index (χ1n) is 6.89. The number of rotatable bonds is 3. The van der Waals surface area contributed by atoms with Crippen LogP contribution in [0.3, 0.4) is 0 Å². The Bertz CT molecular complexity index is 650. The van der Waals surface area contributed by atoms with Crippen molar-refractivity contribution >= 4 is 22.4 Å². The third kappa shape index (κ3) is 3.05. The normalized spacial score (nSPS) is 16.1. The number of hydrogen-bond donors (Lipinski definition) is 1. The fourth-order valence-corrected chi connectivity index (χ4v) is 3.51. The van der Waals surface area contributed by atoms with Gasteiger partial charge in [-0.1, -0.05) is 23.5 Å². The Balaban J connectivity index is 1.73. The van der Waals surface area contributed by atoms with Crippen molar-refractivity contribution in [1.82, 2.24) is 4.98 Å². The maximum Gasteiger partial charge on any atom is 0.220 e. The molecule has 1 aromatic carbocycles. The molecular formula is C15H16FN3OS. The van der Waals surface area contributed by atoms with Crippen LogP contribution < -0.4 is 10.6 Å². The van der Waals surface area contributed by atoms with Crippen molar-refractivity contribution < 1.29 is 9.18 Å². The number of carbonyl (C=O) groups is 1. The average Bonchev–Trinajstić information content (AvgIpc) is 2.97. The van der Waals surface area contributed by atoms with Gasteiger partial charge in [0.05, 0.1) is 4.88 Å². The lowest BCUT2D eigenvalue weighted by Gasteiger charge is -2.30. The lowest BCUT2D eigenvalue weighted by Crippen LogP contribution is -2.38. The topological polar surface area (TPSA) is 59.2 Å². The number of thiazole rings is 1. The first-order chi connectivity index (χ1) is 10.1. The van der Waals surface area contributed by atoms with E-state index in [1.807, 2.05) is 6.07 Å². The number of anilines is 1. The minimum atomic E-state index is -0.246. The summed E-state index contributed by atoms with van der Waals surface area (Å²) in [6.07, 6.45) is 3.31. The zero-order valence-corrected chi connectivity index (χ0v) is 12.3. The molecule has 110 valence electrons. The van der Waals surface area contributed by atoms with Crippen molar-refractivity contribution in [3.8, 4) is 10.4 Å². The van der Waals surface area contributed by atoms with E-state index < -0.39 is 0 Å². The maximum atomic E-state index is 13.3. The first kappa shape index (κ1) is 14.0. The lowest BCUT2D eigenvalue weighted by molar-refractivity contribution is -0.122. The lowest BCUT2D eigenvalue weighted by atomic mass is 9.97. The van der Waals surface area contributed by atoms with E-state index in [2.05, 4.69) is 9.88 Å². The Morgan fingerprint density at radius 2 is 2.14 bits per heavy atom. The van der Waals surface area contributed by atoms with Crippen molar-refractivity contribution in [1.29, 1.82) is 0 Å². The monoisotopic (exact) mass is 305 g/mol. The zero-order valence-electron chi connectivity index (χ0n) is 11.5. The molecule has 0 unspecified atom stereocenters. The molecule has 2 heterocycles. The van der Waals surface area contributed by atoms with E-state index in [-0.39, 0.29) is 17.6 Å². The second kappa shape index (κ2) is 5.81. The standard InChI is InChI=1S/C15H16FN3OS/c16-12-3-1-2-11(8-12)13-9-18-15(21-13)19-6-4-10(5-7-19)14(17)20/h1-3,8-10H,4-7H2,(H2,17,20). The third-order valence-electron chi connectivity index (χ3n) is 3.77. The zero-order chi connectivity index (χ0) is 14.8. The minimum absolute atomic E-state index is 0.0242. The van der Waals surface area contributed by atoms with Crippen molar-refractivity contribution in [2.24, 2.45) is 11.7 Å². The number of aromatic nitrogens is 1. The highest BCUT2D eigenvalue weighted by Gasteiger charge is 2.24. The summed E-state index contributed by atoms with van der Waals surface area (Å²) in [5.74, 6) is -0.483. The smallest absolute Gasteiger partial charge is 0.220 e. The van der Waals surface area contributed by atoms with Gasteiger partial charge in [-0.2, -0.15) is 0 Å². The van der Waals surface area contributed by atoms with Crippen LogP contribution in [-0.4, -0.2) is 24.0 Å². The van der Waals surface area contributed by atoms with Gasteiger partial charge < -0.3 is 10.6 Å². The highest BCUT2D eigenvalue weighted by molar-refractivity contribution is 7.18. The second-order valence-electron chi connectivity index (χ2n) is 5.18. The predicted octanol–water partition coefficient (Wildman–Crippen LogP) is 2.65. The van der Waals surface area contributed by atoms with Gasteiger partial charge in [0.1, 0.15) is 5.82 Å². The van der Waals surface area contributed by atoms with Crippen molar-refractivity contribution in [2.75, 3.05) is 18.0 Å². The molecule has 3 rings (SSSR count). The number of primary amides is 1. The second-order valence-corrected chi connectivity index (χ2v) is 6.19. The average molecular weight is 305 g/mol. The van der Waals surface area contributed by atoms with Crippen LogP contribution in [0.25, 0.3) is 10.4 Å². The van der Waals surface area contributed by atoms with Crippen LogP contribution in [-0.2, 0) is 4.79 Å². The van der Waals surface area contributed by atoms with Crippen LogP contribution in [0, 0.1) is 11.7 Å². The molecule has 2 N–H and O–H groups in total. The van der Waals surface area contributed by atoms with E-state index in [1.54, 1.807) is 23.6 Å². The van der Waals surface area contributed by atoms with Crippen LogP contribution in [0.1, 0.15) is 12.8 Å². The highest BCUT2D eigenvalue weighted by atomic mass is 32.1. The van der Waals surface area contributed by atoms with Gasteiger partial charge in [0.2, 0.25) is 5.91 Å². The van der Waals surface area contributed by atoms with Crippen molar-refractivity contribution in [3.05, 3.63) is 36.3 Å². The summed E-state index contributed by atoms with van der Waals surface area (Å²) in [7, 11) is 0. The molecule has 1 aliphatic heterocycles. The van der Waals surface area contributed by atoms with E-state index in [0.29, 0.717) is 0 Å². The van der Waals surface area contributed by atoms with Gasteiger partial charge in [-0.15, -0.1) is 0 Å². The molecule has 6 heteroatoms. The van der Waals surface area contributed by atoms with Gasteiger partial charge in [0, 0.05) is 25.2 Å². The van der Waals surface area contributed by atoms with Gasteiger partial charge in [-0.25, -0.2) is 9.37 Å².